The predicted molar refractivity (Wildman–Crippen MR) is 86.6 cm³/mol. The topological polar surface area (TPSA) is 23.6 Å². The molecule has 1 aromatic carbocycles. The van der Waals surface area contributed by atoms with Gasteiger partial charge in [0.05, 0.1) is 8.66 Å². The first kappa shape index (κ1) is 13.6. The minimum absolute atomic E-state index is 0.147. The molecule has 20 heavy (non-hydrogen) atoms. The Bertz CT molecular complexity index is 591. The fourth-order valence-corrected chi connectivity index (χ4v) is 3.75. The number of hydrogen-bond acceptors (Lipinski definition) is 3. The quantitative estimate of drug-likeness (QED) is 0.827. The molecule has 1 aliphatic rings. The van der Waals surface area contributed by atoms with Crippen molar-refractivity contribution in [3.63, 3.8) is 0 Å². The van der Waals surface area contributed by atoms with Gasteiger partial charge in [0.15, 0.2) is 0 Å². The summed E-state index contributed by atoms with van der Waals surface area (Å²) >= 11 is 4.90. The number of para-hydroxylation sites is 1. The summed E-state index contributed by atoms with van der Waals surface area (Å²) < 4.78 is 1.00. The second kappa shape index (κ2) is 5.97. The highest BCUT2D eigenvalue weighted by Gasteiger charge is 2.23. The van der Waals surface area contributed by atoms with Crippen LogP contribution in [0, 0.1) is 0 Å². The highest BCUT2D eigenvalue weighted by atomic mass is 79.9. The van der Waals surface area contributed by atoms with Gasteiger partial charge in [-0.1, -0.05) is 18.2 Å². The molecule has 104 valence electrons. The predicted octanol–water partition coefficient (Wildman–Crippen LogP) is 3.47. The fourth-order valence-electron chi connectivity index (χ4n) is 2.39. The normalized spacial score (nSPS) is 15.4. The average Bonchev–Trinajstić information content (AvgIpc) is 2.94. The number of nitrogens with zero attached hydrogens (tertiary/aromatic N) is 2. The van der Waals surface area contributed by atoms with E-state index in [1.165, 1.54) is 17.0 Å². The van der Waals surface area contributed by atoms with Crippen LogP contribution in [0.15, 0.2) is 46.3 Å². The number of carbonyl (C=O) groups excluding carboxylic acids is 1. The average molecular weight is 351 g/mol. The number of halogens is 1. The molecule has 2 aromatic rings. The number of rotatable bonds is 2. The number of hydrogen-bond donors (Lipinski definition) is 0. The molecule has 0 N–H and O–H groups in total. The Balaban J connectivity index is 1.63. The minimum atomic E-state index is 0.147. The van der Waals surface area contributed by atoms with E-state index in [0.29, 0.717) is 0 Å². The zero-order valence-electron chi connectivity index (χ0n) is 11.0. The molecule has 0 atom stereocenters. The third-order valence-corrected chi connectivity index (χ3v) is 5.08. The van der Waals surface area contributed by atoms with Crippen LogP contribution in [0.1, 0.15) is 9.67 Å². The summed E-state index contributed by atoms with van der Waals surface area (Å²) in [6, 6.07) is 14.2. The smallest absolute Gasteiger partial charge is 0.264 e. The fraction of sp³-hybridized carbons (Fsp3) is 0.267. The molecule has 0 bridgehead atoms. The molecule has 3 rings (SSSR count). The Morgan fingerprint density at radius 1 is 1.00 bits per heavy atom. The summed E-state index contributed by atoms with van der Waals surface area (Å²) in [4.78, 5) is 17.4. The van der Waals surface area contributed by atoms with Gasteiger partial charge in [-0.2, -0.15) is 0 Å². The summed E-state index contributed by atoms with van der Waals surface area (Å²) in [7, 11) is 0. The van der Waals surface area contributed by atoms with Crippen LogP contribution in [-0.2, 0) is 0 Å². The molecule has 0 saturated carbocycles. The number of benzene rings is 1. The number of piperazine rings is 1. The van der Waals surface area contributed by atoms with E-state index >= 15 is 0 Å². The van der Waals surface area contributed by atoms with Crippen LogP contribution < -0.4 is 4.90 Å². The maximum absolute atomic E-state index is 12.4. The Hall–Kier alpha value is -1.33. The maximum Gasteiger partial charge on any atom is 0.264 e. The van der Waals surface area contributed by atoms with Crippen LogP contribution in [0.5, 0.6) is 0 Å². The van der Waals surface area contributed by atoms with Crippen LogP contribution in [-0.4, -0.2) is 37.0 Å². The van der Waals surface area contributed by atoms with Gasteiger partial charge in [0.2, 0.25) is 0 Å². The molecule has 1 amide bonds. The lowest BCUT2D eigenvalue weighted by Crippen LogP contribution is -2.48. The molecule has 1 fully saturated rings. The van der Waals surface area contributed by atoms with Crippen molar-refractivity contribution < 1.29 is 4.79 Å². The molecule has 0 aliphatic carbocycles. The van der Waals surface area contributed by atoms with Crippen molar-refractivity contribution in [1.82, 2.24) is 4.90 Å². The highest BCUT2D eigenvalue weighted by Crippen LogP contribution is 2.24. The molecule has 1 saturated heterocycles. The number of amides is 1. The summed E-state index contributed by atoms with van der Waals surface area (Å²) in [5.74, 6) is 0.147. The van der Waals surface area contributed by atoms with Gasteiger partial charge in [0, 0.05) is 31.9 Å². The monoisotopic (exact) mass is 350 g/mol. The standard InChI is InChI=1S/C15H15BrN2OS/c16-14-7-6-13(20-14)15(19)18-10-8-17(9-11-18)12-4-2-1-3-5-12/h1-7H,8-11H2. The Morgan fingerprint density at radius 2 is 1.70 bits per heavy atom. The van der Waals surface area contributed by atoms with Crippen LogP contribution in [0.2, 0.25) is 0 Å². The molecule has 1 aliphatic heterocycles. The Kier molecular flexibility index (Phi) is 4.08. The number of anilines is 1. The molecule has 5 heteroatoms. The SMILES string of the molecule is O=C(c1ccc(Br)s1)N1CCN(c2ccccc2)CC1. The minimum Gasteiger partial charge on any atom is -0.368 e. The van der Waals surface area contributed by atoms with E-state index in [0.717, 1.165) is 34.8 Å². The third kappa shape index (κ3) is 2.88. The Labute approximate surface area is 130 Å². The van der Waals surface area contributed by atoms with Gasteiger partial charge in [0.1, 0.15) is 0 Å². The van der Waals surface area contributed by atoms with Gasteiger partial charge < -0.3 is 9.80 Å². The van der Waals surface area contributed by atoms with Crippen LogP contribution in [0.4, 0.5) is 5.69 Å². The maximum atomic E-state index is 12.4. The number of carbonyl (C=O) groups is 1. The van der Waals surface area contributed by atoms with E-state index in [1.54, 1.807) is 0 Å². The van der Waals surface area contributed by atoms with Gasteiger partial charge in [0.25, 0.3) is 5.91 Å². The lowest BCUT2D eigenvalue weighted by molar-refractivity contribution is 0.0751. The molecule has 3 nitrogen and oxygen atoms in total. The van der Waals surface area contributed by atoms with Gasteiger partial charge in [-0.15, -0.1) is 11.3 Å². The summed E-state index contributed by atoms with van der Waals surface area (Å²) in [6.45, 7) is 3.34. The van der Waals surface area contributed by atoms with E-state index in [4.69, 9.17) is 0 Å². The lowest BCUT2D eigenvalue weighted by atomic mass is 10.2. The van der Waals surface area contributed by atoms with E-state index in [1.807, 2.05) is 23.1 Å². The summed E-state index contributed by atoms with van der Waals surface area (Å²) in [5, 5.41) is 0. The first-order valence-corrected chi connectivity index (χ1v) is 8.19. The van der Waals surface area contributed by atoms with E-state index < -0.39 is 0 Å². The van der Waals surface area contributed by atoms with Crippen molar-refractivity contribution in [1.29, 1.82) is 0 Å². The van der Waals surface area contributed by atoms with Crippen molar-refractivity contribution in [2.75, 3.05) is 31.1 Å². The summed E-state index contributed by atoms with van der Waals surface area (Å²) in [5.41, 5.74) is 1.23. The lowest BCUT2D eigenvalue weighted by Gasteiger charge is -2.35. The van der Waals surface area contributed by atoms with E-state index in [9.17, 15) is 4.79 Å². The highest BCUT2D eigenvalue weighted by molar-refractivity contribution is 9.11. The molecular formula is C15H15BrN2OS. The second-order valence-electron chi connectivity index (χ2n) is 4.72. The largest absolute Gasteiger partial charge is 0.368 e. The second-order valence-corrected chi connectivity index (χ2v) is 7.18. The first-order chi connectivity index (χ1) is 9.74. The number of thiophene rings is 1. The van der Waals surface area contributed by atoms with Crippen LogP contribution in [0.25, 0.3) is 0 Å². The Morgan fingerprint density at radius 3 is 2.30 bits per heavy atom. The molecule has 0 unspecified atom stereocenters. The van der Waals surface area contributed by atoms with Crippen molar-refractivity contribution >= 4 is 38.9 Å². The van der Waals surface area contributed by atoms with Gasteiger partial charge in [-0.25, -0.2) is 0 Å². The first-order valence-electron chi connectivity index (χ1n) is 6.58. The molecule has 0 spiro atoms. The van der Waals surface area contributed by atoms with Gasteiger partial charge in [-0.3, -0.25) is 4.79 Å². The van der Waals surface area contributed by atoms with E-state index in [2.05, 4.69) is 45.1 Å². The van der Waals surface area contributed by atoms with Crippen molar-refractivity contribution in [2.45, 2.75) is 0 Å². The van der Waals surface area contributed by atoms with Gasteiger partial charge >= 0.3 is 0 Å². The van der Waals surface area contributed by atoms with Crippen LogP contribution >= 0.6 is 27.3 Å². The van der Waals surface area contributed by atoms with Crippen molar-refractivity contribution in [3.8, 4) is 0 Å². The molecule has 1 aromatic heterocycles. The zero-order chi connectivity index (χ0) is 13.9. The molecule has 2 heterocycles. The third-order valence-electron chi connectivity index (χ3n) is 3.47. The van der Waals surface area contributed by atoms with Crippen molar-refractivity contribution in [3.05, 3.63) is 51.1 Å². The zero-order valence-corrected chi connectivity index (χ0v) is 13.4. The summed E-state index contributed by atoms with van der Waals surface area (Å²) in [6.07, 6.45) is 0. The molecular weight excluding hydrogens is 336 g/mol. The van der Waals surface area contributed by atoms with Crippen molar-refractivity contribution in [2.24, 2.45) is 0 Å². The van der Waals surface area contributed by atoms with Crippen LogP contribution in [0.3, 0.4) is 0 Å². The van der Waals surface area contributed by atoms with E-state index in [-0.39, 0.29) is 5.91 Å². The van der Waals surface area contributed by atoms with Gasteiger partial charge in [-0.05, 0) is 40.2 Å². The molecule has 0 radical (unpaired) electrons.